The molecule has 0 atom stereocenters. The monoisotopic (exact) mass is 378 g/mol. The van der Waals surface area contributed by atoms with Crippen molar-refractivity contribution in [3.63, 3.8) is 0 Å². The summed E-state index contributed by atoms with van der Waals surface area (Å²) in [6.45, 7) is 6.78. The molecular formula is C19H26N2O4S. The highest BCUT2D eigenvalue weighted by atomic mass is 32.2. The lowest BCUT2D eigenvalue weighted by molar-refractivity contribution is -0.116. The van der Waals surface area contributed by atoms with Gasteiger partial charge in [-0.15, -0.1) is 11.8 Å². The van der Waals surface area contributed by atoms with Crippen LogP contribution in [0.2, 0.25) is 0 Å². The first-order valence-electron chi connectivity index (χ1n) is 8.83. The highest BCUT2D eigenvalue weighted by Crippen LogP contribution is 2.47. The summed E-state index contributed by atoms with van der Waals surface area (Å²) in [4.78, 5) is 28.2. The van der Waals surface area contributed by atoms with E-state index in [1.807, 2.05) is 49.9 Å². The maximum absolute atomic E-state index is 12.6. The van der Waals surface area contributed by atoms with Crippen molar-refractivity contribution in [2.45, 2.75) is 44.1 Å². The number of thioether (sulfide) groups is 1. The van der Waals surface area contributed by atoms with Gasteiger partial charge in [-0.1, -0.05) is 0 Å². The van der Waals surface area contributed by atoms with Crippen LogP contribution in [0.25, 0.3) is 0 Å². The zero-order chi connectivity index (χ0) is 18.9. The predicted molar refractivity (Wildman–Crippen MR) is 103 cm³/mol. The first-order valence-corrected chi connectivity index (χ1v) is 9.82. The van der Waals surface area contributed by atoms with E-state index in [0.29, 0.717) is 18.8 Å². The highest BCUT2D eigenvalue weighted by Gasteiger charge is 2.49. The van der Waals surface area contributed by atoms with E-state index in [4.69, 9.17) is 9.47 Å². The first kappa shape index (κ1) is 18.9. The van der Waals surface area contributed by atoms with E-state index < -0.39 is 5.60 Å². The number of methoxy groups -OCH3 is 1. The Bertz CT molecular complexity index is 676. The third-order valence-corrected chi connectivity index (χ3v) is 6.17. The number of likely N-dealkylation sites (tertiary alicyclic amines) is 1. The fourth-order valence-corrected chi connectivity index (χ4v) is 4.72. The molecule has 0 aromatic heterocycles. The molecule has 1 aromatic rings. The largest absolute Gasteiger partial charge is 0.497 e. The van der Waals surface area contributed by atoms with Crippen molar-refractivity contribution in [3.8, 4) is 5.75 Å². The molecule has 0 unspecified atom stereocenters. The van der Waals surface area contributed by atoms with Gasteiger partial charge in [-0.25, -0.2) is 4.79 Å². The van der Waals surface area contributed by atoms with E-state index in [9.17, 15) is 9.59 Å². The van der Waals surface area contributed by atoms with Crippen LogP contribution < -0.4 is 9.64 Å². The highest BCUT2D eigenvalue weighted by molar-refractivity contribution is 8.02. The van der Waals surface area contributed by atoms with Crippen LogP contribution in [0.4, 0.5) is 10.5 Å². The van der Waals surface area contributed by atoms with Crippen LogP contribution in [0.5, 0.6) is 5.75 Å². The molecule has 0 saturated carbocycles. The van der Waals surface area contributed by atoms with E-state index in [-0.39, 0.29) is 16.9 Å². The first-order chi connectivity index (χ1) is 12.2. The SMILES string of the molecule is COc1ccc(N2C(=O)CSC23CCN(C(=O)OC(C)(C)C)CC3)cc1. The summed E-state index contributed by atoms with van der Waals surface area (Å²) in [6, 6.07) is 7.58. The molecule has 0 bridgehead atoms. The van der Waals surface area contributed by atoms with Gasteiger partial charge in [0.2, 0.25) is 5.91 Å². The second-order valence-corrected chi connectivity index (χ2v) is 8.97. The molecule has 0 aliphatic carbocycles. The van der Waals surface area contributed by atoms with E-state index >= 15 is 0 Å². The summed E-state index contributed by atoms with van der Waals surface area (Å²) < 4.78 is 10.7. The minimum atomic E-state index is -0.501. The van der Waals surface area contributed by atoms with Gasteiger partial charge in [-0.05, 0) is 57.9 Å². The number of hydrogen-bond acceptors (Lipinski definition) is 5. The third-order valence-electron chi connectivity index (χ3n) is 4.65. The standard InChI is InChI=1S/C19H26N2O4S/c1-18(2,3)25-17(23)20-11-9-19(10-12-20)21(16(22)13-26-19)14-5-7-15(24-4)8-6-14/h5-8H,9-13H2,1-4H3. The van der Waals surface area contributed by atoms with Gasteiger partial charge in [0, 0.05) is 18.8 Å². The van der Waals surface area contributed by atoms with Crippen molar-refractivity contribution in [1.29, 1.82) is 0 Å². The number of hydrogen-bond donors (Lipinski definition) is 0. The molecular weight excluding hydrogens is 352 g/mol. The third kappa shape index (κ3) is 3.77. The zero-order valence-electron chi connectivity index (χ0n) is 15.8. The Hall–Kier alpha value is -1.89. The van der Waals surface area contributed by atoms with Crippen molar-refractivity contribution in [2.75, 3.05) is 30.9 Å². The van der Waals surface area contributed by atoms with Gasteiger partial charge in [-0.2, -0.15) is 0 Å². The van der Waals surface area contributed by atoms with Gasteiger partial charge in [0.25, 0.3) is 0 Å². The predicted octanol–water partition coefficient (Wildman–Crippen LogP) is 3.50. The molecule has 2 amide bonds. The minimum Gasteiger partial charge on any atom is -0.497 e. The van der Waals surface area contributed by atoms with Crippen LogP contribution >= 0.6 is 11.8 Å². The van der Waals surface area contributed by atoms with E-state index in [1.165, 1.54) is 0 Å². The molecule has 1 aromatic carbocycles. The Morgan fingerprint density at radius 3 is 2.31 bits per heavy atom. The number of benzene rings is 1. The number of piperidine rings is 1. The Morgan fingerprint density at radius 1 is 1.15 bits per heavy atom. The Kier molecular flexibility index (Phi) is 5.10. The summed E-state index contributed by atoms with van der Waals surface area (Å²) in [5, 5.41) is 0. The number of amides is 2. The zero-order valence-corrected chi connectivity index (χ0v) is 16.6. The lowest BCUT2D eigenvalue weighted by Gasteiger charge is -2.44. The van der Waals surface area contributed by atoms with Crippen molar-refractivity contribution in [1.82, 2.24) is 4.90 Å². The van der Waals surface area contributed by atoms with Gasteiger partial charge in [0.15, 0.2) is 0 Å². The number of carbonyl (C=O) groups is 2. The molecule has 142 valence electrons. The van der Waals surface area contributed by atoms with E-state index in [0.717, 1.165) is 24.3 Å². The molecule has 3 rings (SSSR count). The molecule has 2 saturated heterocycles. The molecule has 2 aliphatic rings. The number of anilines is 1. The Morgan fingerprint density at radius 2 is 1.77 bits per heavy atom. The van der Waals surface area contributed by atoms with Crippen LogP contribution in [0.3, 0.4) is 0 Å². The smallest absolute Gasteiger partial charge is 0.410 e. The Balaban J connectivity index is 1.73. The molecule has 0 N–H and O–H groups in total. The number of carbonyl (C=O) groups excluding carboxylic acids is 2. The number of rotatable bonds is 2. The Labute approximate surface area is 158 Å². The summed E-state index contributed by atoms with van der Waals surface area (Å²) in [6.07, 6.45) is 1.18. The number of nitrogens with zero attached hydrogens (tertiary/aromatic N) is 2. The maximum atomic E-state index is 12.6. The van der Waals surface area contributed by atoms with Crippen LogP contribution in [0, 0.1) is 0 Å². The minimum absolute atomic E-state index is 0.117. The van der Waals surface area contributed by atoms with Crippen molar-refractivity contribution < 1.29 is 19.1 Å². The topological polar surface area (TPSA) is 59.1 Å². The molecule has 7 heteroatoms. The summed E-state index contributed by atoms with van der Waals surface area (Å²) in [7, 11) is 1.62. The maximum Gasteiger partial charge on any atom is 0.410 e. The average molecular weight is 378 g/mol. The van der Waals surface area contributed by atoms with Gasteiger partial charge in [0.05, 0.1) is 17.7 Å². The van der Waals surface area contributed by atoms with Gasteiger partial charge < -0.3 is 14.4 Å². The van der Waals surface area contributed by atoms with Crippen LogP contribution in [-0.4, -0.2) is 53.3 Å². The van der Waals surface area contributed by atoms with Gasteiger partial charge in [0.1, 0.15) is 11.4 Å². The second-order valence-electron chi connectivity index (χ2n) is 7.63. The summed E-state index contributed by atoms with van der Waals surface area (Å²) in [5.41, 5.74) is 0.380. The van der Waals surface area contributed by atoms with Crippen molar-refractivity contribution in [2.24, 2.45) is 0 Å². The van der Waals surface area contributed by atoms with Crippen LogP contribution in [0.1, 0.15) is 33.6 Å². The van der Waals surface area contributed by atoms with E-state index in [1.54, 1.807) is 23.8 Å². The number of ether oxygens (including phenoxy) is 2. The molecule has 0 radical (unpaired) electrons. The second kappa shape index (κ2) is 7.02. The summed E-state index contributed by atoms with van der Waals surface area (Å²) in [5.74, 6) is 1.35. The fraction of sp³-hybridized carbons (Fsp3) is 0.579. The lowest BCUT2D eigenvalue weighted by Crippen LogP contribution is -2.53. The molecule has 6 nitrogen and oxygen atoms in total. The quantitative estimate of drug-likeness (QED) is 0.788. The normalized spacial score (nSPS) is 19.8. The molecule has 1 spiro atoms. The summed E-state index contributed by atoms with van der Waals surface area (Å²) >= 11 is 1.68. The molecule has 2 heterocycles. The average Bonchev–Trinajstić information content (AvgIpc) is 2.90. The van der Waals surface area contributed by atoms with Crippen LogP contribution in [-0.2, 0) is 9.53 Å². The lowest BCUT2D eigenvalue weighted by atomic mass is 10.0. The fourth-order valence-electron chi connectivity index (χ4n) is 3.40. The van der Waals surface area contributed by atoms with Gasteiger partial charge >= 0.3 is 6.09 Å². The molecule has 2 aliphatic heterocycles. The van der Waals surface area contributed by atoms with E-state index in [2.05, 4.69) is 0 Å². The van der Waals surface area contributed by atoms with Crippen LogP contribution in [0.15, 0.2) is 24.3 Å². The van der Waals surface area contributed by atoms with Crippen molar-refractivity contribution in [3.05, 3.63) is 24.3 Å². The molecule has 2 fully saturated rings. The molecule has 26 heavy (non-hydrogen) atoms. The van der Waals surface area contributed by atoms with Crippen molar-refractivity contribution >= 4 is 29.4 Å². The van der Waals surface area contributed by atoms with Gasteiger partial charge in [-0.3, -0.25) is 9.69 Å².